The van der Waals surface area contributed by atoms with E-state index in [1.165, 1.54) is 5.57 Å². The first-order chi connectivity index (χ1) is 4.83. The predicted octanol–water partition coefficient (Wildman–Crippen LogP) is 1.07. The molecule has 2 nitrogen and oxygen atoms in total. The van der Waals surface area contributed by atoms with Crippen molar-refractivity contribution in [2.24, 2.45) is 5.73 Å². The molecule has 1 atom stereocenters. The van der Waals surface area contributed by atoms with Crippen LogP contribution < -0.4 is 5.73 Å². The maximum absolute atomic E-state index is 5.71. The Bertz CT molecular complexity index is 131. The third kappa shape index (κ3) is 2.12. The molecular weight excluding hydrogens is 126 g/mol. The number of hydrogen-bond acceptors (Lipinski definition) is 2. The first-order valence-electron chi connectivity index (χ1n) is 3.75. The van der Waals surface area contributed by atoms with Crippen molar-refractivity contribution in [3.05, 3.63) is 11.6 Å². The second-order valence-corrected chi connectivity index (χ2v) is 2.83. The molecule has 1 rings (SSSR count). The molecule has 0 saturated heterocycles. The van der Waals surface area contributed by atoms with Crippen LogP contribution in [0.25, 0.3) is 0 Å². The van der Waals surface area contributed by atoms with Crippen molar-refractivity contribution in [1.29, 1.82) is 0 Å². The van der Waals surface area contributed by atoms with E-state index in [-0.39, 0.29) is 0 Å². The van der Waals surface area contributed by atoms with Crippen molar-refractivity contribution in [2.45, 2.75) is 25.3 Å². The predicted molar refractivity (Wildman–Crippen MR) is 41.8 cm³/mol. The van der Waals surface area contributed by atoms with Crippen LogP contribution in [0.3, 0.4) is 0 Å². The van der Waals surface area contributed by atoms with E-state index in [1.54, 1.807) is 7.11 Å². The van der Waals surface area contributed by atoms with Crippen LogP contribution in [0, 0.1) is 0 Å². The molecule has 0 fully saturated rings. The average molecular weight is 141 g/mol. The lowest BCUT2D eigenvalue weighted by atomic mass is 9.96. The molecule has 0 saturated carbocycles. The zero-order valence-corrected chi connectivity index (χ0v) is 6.47. The molecule has 0 aromatic carbocycles. The quantitative estimate of drug-likeness (QED) is 0.584. The van der Waals surface area contributed by atoms with E-state index in [1.807, 2.05) is 0 Å². The van der Waals surface area contributed by atoms with Gasteiger partial charge in [-0.3, -0.25) is 0 Å². The number of nitrogens with two attached hydrogens (primary N) is 1. The zero-order chi connectivity index (χ0) is 7.40. The largest absolute Gasteiger partial charge is 0.380 e. The van der Waals surface area contributed by atoms with Gasteiger partial charge in [-0.05, 0) is 24.8 Å². The molecular formula is C8H15NO. The van der Waals surface area contributed by atoms with E-state index < -0.39 is 0 Å². The third-order valence-corrected chi connectivity index (χ3v) is 1.88. The minimum Gasteiger partial charge on any atom is -0.380 e. The van der Waals surface area contributed by atoms with Crippen LogP contribution in [0.4, 0.5) is 0 Å². The Morgan fingerprint density at radius 3 is 3.10 bits per heavy atom. The lowest BCUT2D eigenvalue weighted by Gasteiger charge is -2.17. The van der Waals surface area contributed by atoms with Crippen LogP contribution in [0.1, 0.15) is 19.3 Å². The van der Waals surface area contributed by atoms with Crippen LogP contribution in [0.5, 0.6) is 0 Å². The average Bonchev–Trinajstić information content (AvgIpc) is 1.95. The Hall–Kier alpha value is -0.340. The van der Waals surface area contributed by atoms with Gasteiger partial charge in [-0.25, -0.2) is 0 Å². The third-order valence-electron chi connectivity index (χ3n) is 1.88. The number of hydrogen-bond donors (Lipinski definition) is 1. The minimum atomic E-state index is 0.389. The Balaban J connectivity index is 2.33. The lowest BCUT2D eigenvalue weighted by Crippen LogP contribution is -2.22. The molecule has 0 bridgehead atoms. The van der Waals surface area contributed by atoms with Crippen LogP contribution in [0.2, 0.25) is 0 Å². The van der Waals surface area contributed by atoms with Gasteiger partial charge in [-0.15, -0.1) is 0 Å². The summed E-state index contributed by atoms with van der Waals surface area (Å²) in [5.41, 5.74) is 7.11. The van der Waals surface area contributed by atoms with Gasteiger partial charge in [0.05, 0.1) is 6.61 Å². The fourth-order valence-electron chi connectivity index (χ4n) is 1.23. The summed E-state index contributed by atoms with van der Waals surface area (Å²) in [6.45, 7) is 0.784. The summed E-state index contributed by atoms with van der Waals surface area (Å²) >= 11 is 0. The molecule has 0 heterocycles. The highest BCUT2D eigenvalue weighted by molar-refractivity contribution is 5.07. The van der Waals surface area contributed by atoms with Crippen molar-refractivity contribution >= 4 is 0 Å². The summed E-state index contributed by atoms with van der Waals surface area (Å²) in [4.78, 5) is 0. The molecule has 2 N–H and O–H groups in total. The Morgan fingerprint density at radius 1 is 1.80 bits per heavy atom. The molecule has 0 amide bonds. The highest BCUT2D eigenvalue weighted by Gasteiger charge is 2.08. The molecule has 0 radical (unpaired) electrons. The van der Waals surface area contributed by atoms with Gasteiger partial charge in [0.2, 0.25) is 0 Å². The van der Waals surface area contributed by atoms with Gasteiger partial charge in [0, 0.05) is 13.2 Å². The van der Waals surface area contributed by atoms with E-state index in [0.29, 0.717) is 6.04 Å². The summed E-state index contributed by atoms with van der Waals surface area (Å²) in [7, 11) is 1.73. The summed E-state index contributed by atoms with van der Waals surface area (Å²) in [5.74, 6) is 0. The highest BCUT2D eigenvalue weighted by Crippen LogP contribution is 2.16. The van der Waals surface area contributed by atoms with E-state index in [4.69, 9.17) is 10.5 Å². The molecule has 0 spiro atoms. The molecule has 1 aliphatic rings. The van der Waals surface area contributed by atoms with Crippen LogP contribution in [0.15, 0.2) is 11.6 Å². The van der Waals surface area contributed by atoms with Crippen molar-refractivity contribution in [3.63, 3.8) is 0 Å². The van der Waals surface area contributed by atoms with Gasteiger partial charge in [0.25, 0.3) is 0 Å². The zero-order valence-electron chi connectivity index (χ0n) is 6.47. The van der Waals surface area contributed by atoms with Gasteiger partial charge in [0.1, 0.15) is 0 Å². The number of methoxy groups -OCH3 is 1. The fraction of sp³-hybridized carbons (Fsp3) is 0.750. The topological polar surface area (TPSA) is 35.2 Å². The van der Waals surface area contributed by atoms with Crippen molar-refractivity contribution < 1.29 is 4.74 Å². The first-order valence-corrected chi connectivity index (χ1v) is 3.75. The van der Waals surface area contributed by atoms with Gasteiger partial charge in [0.15, 0.2) is 0 Å². The number of ether oxygens (including phenoxy) is 1. The van der Waals surface area contributed by atoms with Gasteiger partial charge in [-0.2, -0.15) is 0 Å². The van der Waals surface area contributed by atoms with Crippen LogP contribution in [-0.4, -0.2) is 19.8 Å². The second-order valence-electron chi connectivity index (χ2n) is 2.83. The maximum atomic E-state index is 5.71. The van der Waals surface area contributed by atoms with E-state index in [0.717, 1.165) is 25.9 Å². The Labute approximate surface area is 62.1 Å². The second kappa shape index (κ2) is 3.74. The molecule has 0 aromatic rings. The van der Waals surface area contributed by atoms with Crippen molar-refractivity contribution in [1.82, 2.24) is 0 Å². The smallest absolute Gasteiger partial charge is 0.0673 e. The molecule has 0 aliphatic heterocycles. The summed E-state index contributed by atoms with van der Waals surface area (Å²) in [6, 6.07) is 0.389. The summed E-state index contributed by atoms with van der Waals surface area (Å²) < 4.78 is 5.01. The maximum Gasteiger partial charge on any atom is 0.0673 e. The highest BCUT2D eigenvalue weighted by atomic mass is 16.5. The molecule has 58 valence electrons. The van der Waals surface area contributed by atoms with Crippen LogP contribution >= 0.6 is 0 Å². The molecule has 1 aliphatic carbocycles. The summed E-state index contributed by atoms with van der Waals surface area (Å²) in [5, 5.41) is 0. The van der Waals surface area contributed by atoms with Gasteiger partial charge < -0.3 is 10.5 Å². The Kier molecular flexibility index (Phi) is 2.90. The lowest BCUT2D eigenvalue weighted by molar-refractivity contribution is 0.220. The number of rotatable bonds is 2. The van der Waals surface area contributed by atoms with Crippen LogP contribution in [-0.2, 0) is 4.74 Å². The monoisotopic (exact) mass is 141 g/mol. The standard InChI is InChI=1S/C8H15NO/c1-10-6-7-2-4-8(9)5-3-7/h2,8H,3-6,9H2,1H3. The van der Waals surface area contributed by atoms with Gasteiger partial charge in [-0.1, -0.05) is 6.08 Å². The van der Waals surface area contributed by atoms with Crippen molar-refractivity contribution in [2.75, 3.05) is 13.7 Å². The van der Waals surface area contributed by atoms with Gasteiger partial charge >= 0.3 is 0 Å². The Morgan fingerprint density at radius 2 is 2.60 bits per heavy atom. The summed E-state index contributed by atoms with van der Waals surface area (Å²) in [6.07, 6.45) is 5.47. The SMILES string of the molecule is COCC1=CCC(N)CC1. The normalized spacial score (nSPS) is 26.2. The minimum absolute atomic E-state index is 0.389. The molecule has 1 unspecified atom stereocenters. The fourth-order valence-corrected chi connectivity index (χ4v) is 1.23. The van der Waals surface area contributed by atoms with E-state index >= 15 is 0 Å². The van der Waals surface area contributed by atoms with E-state index in [9.17, 15) is 0 Å². The molecule has 10 heavy (non-hydrogen) atoms. The molecule has 2 heteroatoms. The molecule has 0 aromatic heterocycles. The van der Waals surface area contributed by atoms with Crippen molar-refractivity contribution in [3.8, 4) is 0 Å². The van der Waals surface area contributed by atoms with E-state index in [2.05, 4.69) is 6.08 Å². The first kappa shape index (κ1) is 7.76.